The maximum atomic E-state index is 13.2. The van der Waals surface area contributed by atoms with Crippen LogP contribution < -0.4 is 0 Å². The van der Waals surface area contributed by atoms with Crippen molar-refractivity contribution in [3.05, 3.63) is 0 Å². The fraction of sp³-hybridized carbons (Fsp3) is 0.963. The van der Waals surface area contributed by atoms with Crippen molar-refractivity contribution in [2.45, 2.75) is 152 Å². The van der Waals surface area contributed by atoms with Gasteiger partial charge in [-0.1, -0.05) is 96.8 Å². The molecule has 0 amide bonds. The highest BCUT2D eigenvalue weighted by molar-refractivity contribution is 7.49. The molecule has 1 rings (SSSR count). The molecule has 244 valence electrons. The fourth-order valence-electron chi connectivity index (χ4n) is 4.64. The van der Waals surface area contributed by atoms with Crippen molar-refractivity contribution in [1.29, 1.82) is 0 Å². The Morgan fingerprint density at radius 2 is 1.17 bits per heavy atom. The molecule has 0 aromatic carbocycles. The molecule has 0 spiro atoms. The molecule has 14 heteroatoms. The van der Waals surface area contributed by atoms with E-state index in [2.05, 4.69) is 6.92 Å². The molecule has 0 radical (unpaired) electrons. The zero-order valence-electron chi connectivity index (χ0n) is 24.3. The average molecular weight is 617 g/mol. The Labute approximate surface area is 243 Å². The second-order valence-corrected chi connectivity index (χ2v) is 12.5. The molecular formula is C27H53O13P. The number of aliphatic hydroxyl groups is 8. The summed E-state index contributed by atoms with van der Waals surface area (Å²) < 4.78 is 27.6. The van der Waals surface area contributed by atoms with Crippen LogP contribution in [0.25, 0.3) is 0 Å². The molecule has 1 aliphatic carbocycles. The van der Waals surface area contributed by atoms with Crippen LogP contribution in [0.3, 0.4) is 0 Å². The first-order valence-electron chi connectivity index (χ1n) is 15.0. The van der Waals surface area contributed by atoms with E-state index in [1.807, 2.05) is 0 Å². The molecule has 1 saturated carbocycles. The molecule has 1 fully saturated rings. The lowest BCUT2D eigenvalue weighted by Gasteiger charge is -2.46. The Morgan fingerprint density at radius 1 is 0.756 bits per heavy atom. The second kappa shape index (κ2) is 20.3. The normalized spacial score (nSPS) is 28.8. The number of hydrogen-bond donors (Lipinski definition) is 8. The molecular weight excluding hydrogens is 563 g/mol. The Hall–Kier alpha value is -0.700. The lowest BCUT2D eigenvalue weighted by molar-refractivity contribution is -0.337. The Balaban J connectivity index is 2.44. The number of unbranched alkanes of at least 4 members (excludes halogenated alkanes) is 14. The van der Waals surface area contributed by atoms with Crippen molar-refractivity contribution < 1.29 is 63.8 Å². The molecule has 0 heterocycles. The van der Waals surface area contributed by atoms with Gasteiger partial charge in [-0.2, -0.15) is 0 Å². The third-order valence-corrected chi connectivity index (χ3v) is 8.69. The van der Waals surface area contributed by atoms with Crippen molar-refractivity contribution in [2.24, 2.45) is 0 Å². The highest BCUT2D eigenvalue weighted by atomic mass is 31.2. The summed E-state index contributed by atoms with van der Waals surface area (Å²) in [5.41, 5.74) is 0. The summed E-state index contributed by atoms with van der Waals surface area (Å²) >= 11 is 0. The summed E-state index contributed by atoms with van der Waals surface area (Å²) in [5.74, 6) is -4.46. The van der Waals surface area contributed by atoms with Crippen LogP contribution in [0.4, 0.5) is 0 Å². The number of hydrogen-bond acceptors (Lipinski definition) is 13. The van der Waals surface area contributed by atoms with Crippen molar-refractivity contribution in [3.8, 4) is 0 Å². The van der Waals surface area contributed by atoms with Gasteiger partial charge >= 0.3 is 13.8 Å². The van der Waals surface area contributed by atoms with E-state index in [4.69, 9.17) is 18.7 Å². The number of phosphoric ester groups is 1. The first-order chi connectivity index (χ1) is 19.4. The van der Waals surface area contributed by atoms with Gasteiger partial charge < -0.3 is 45.4 Å². The van der Waals surface area contributed by atoms with Crippen molar-refractivity contribution >= 4 is 13.8 Å². The summed E-state index contributed by atoms with van der Waals surface area (Å²) in [6, 6.07) is 0. The van der Waals surface area contributed by atoms with E-state index in [-0.39, 0.29) is 6.42 Å². The standard InChI is InChI=1S/C27H53O13P/c1-2-3-4-5-6-7-8-9-10-11-12-13-14-15-16-17-21(30)39-41(37,38-19-20(29)18-28)40-27(36)25(34)23(32)22(31)24(33)26(27)35/h20,22-26,28-29,31-36H,2-19H2,1H3/t20?,22?,23-,24+,25-,26-,27?,41?/m1/s1. The van der Waals surface area contributed by atoms with Gasteiger partial charge in [0.25, 0.3) is 0 Å². The third kappa shape index (κ3) is 13.6. The molecule has 0 aromatic rings. The van der Waals surface area contributed by atoms with Crippen LogP contribution in [0.15, 0.2) is 0 Å². The Morgan fingerprint density at radius 3 is 1.59 bits per heavy atom. The highest BCUT2D eigenvalue weighted by Crippen LogP contribution is 2.55. The van der Waals surface area contributed by atoms with E-state index in [0.717, 1.165) is 25.7 Å². The number of carbonyl (C=O) groups excluding carboxylic acids is 1. The zero-order chi connectivity index (χ0) is 30.9. The van der Waals surface area contributed by atoms with Gasteiger partial charge in [0.05, 0.1) is 13.2 Å². The first-order valence-corrected chi connectivity index (χ1v) is 16.5. The van der Waals surface area contributed by atoms with Crippen LogP contribution in [0.2, 0.25) is 0 Å². The highest BCUT2D eigenvalue weighted by Gasteiger charge is 2.62. The molecule has 13 nitrogen and oxygen atoms in total. The van der Waals surface area contributed by atoms with Gasteiger partial charge in [0.2, 0.25) is 5.79 Å². The van der Waals surface area contributed by atoms with Gasteiger partial charge in [0.1, 0.15) is 36.6 Å². The predicted octanol–water partition coefficient (Wildman–Crippen LogP) is 1.79. The number of aliphatic hydroxyl groups excluding tert-OH is 7. The van der Waals surface area contributed by atoms with Crippen molar-refractivity contribution in [2.75, 3.05) is 13.2 Å². The number of rotatable bonds is 23. The van der Waals surface area contributed by atoms with Crippen LogP contribution >= 0.6 is 7.82 Å². The molecule has 1 aliphatic rings. The first kappa shape index (κ1) is 38.3. The molecule has 0 aliphatic heterocycles. The van der Waals surface area contributed by atoms with Crippen LogP contribution in [-0.2, 0) is 22.9 Å². The van der Waals surface area contributed by atoms with E-state index in [1.165, 1.54) is 57.8 Å². The summed E-state index contributed by atoms with van der Waals surface area (Å²) in [7, 11) is -5.21. The van der Waals surface area contributed by atoms with Gasteiger partial charge in [-0.05, 0) is 6.42 Å². The van der Waals surface area contributed by atoms with Gasteiger partial charge in [-0.3, -0.25) is 9.32 Å². The Kier molecular flexibility index (Phi) is 19.0. The maximum Gasteiger partial charge on any atom is 0.535 e. The summed E-state index contributed by atoms with van der Waals surface area (Å²) in [6.45, 7) is 0.499. The molecule has 0 aromatic heterocycles. The van der Waals surface area contributed by atoms with Gasteiger partial charge in [-0.25, -0.2) is 9.09 Å². The van der Waals surface area contributed by atoms with Gasteiger partial charge in [0.15, 0.2) is 0 Å². The summed E-state index contributed by atoms with van der Waals surface area (Å²) in [6.07, 6.45) is 3.47. The lowest BCUT2D eigenvalue weighted by atomic mass is 9.82. The van der Waals surface area contributed by atoms with E-state index in [0.29, 0.717) is 12.8 Å². The maximum absolute atomic E-state index is 13.2. The summed E-state index contributed by atoms with van der Waals surface area (Å²) in [5, 5.41) is 79.0. The van der Waals surface area contributed by atoms with Gasteiger partial charge in [0, 0.05) is 6.42 Å². The van der Waals surface area contributed by atoms with Crippen LogP contribution in [0.5, 0.6) is 0 Å². The van der Waals surface area contributed by atoms with Crippen molar-refractivity contribution in [1.82, 2.24) is 0 Å². The largest absolute Gasteiger partial charge is 0.535 e. The third-order valence-electron chi connectivity index (χ3n) is 7.29. The minimum atomic E-state index is -5.21. The van der Waals surface area contributed by atoms with Crippen LogP contribution in [0.1, 0.15) is 110 Å². The molecule has 41 heavy (non-hydrogen) atoms. The molecule has 4 unspecified atom stereocenters. The Bertz CT molecular complexity index is 739. The smallest absolute Gasteiger partial charge is 0.394 e. The molecule has 8 atom stereocenters. The minimum absolute atomic E-state index is 0.203. The second-order valence-electron chi connectivity index (χ2n) is 10.9. The quantitative estimate of drug-likeness (QED) is 0.0466. The zero-order valence-corrected chi connectivity index (χ0v) is 25.2. The van der Waals surface area contributed by atoms with E-state index < -0.39 is 69.4 Å². The van der Waals surface area contributed by atoms with Gasteiger partial charge in [-0.15, -0.1) is 0 Å². The van der Waals surface area contributed by atoms with E-state index >= 15 is 0 Å². The number of carbonyl (C=O) groups is 1. The summed E-state index contributed by atoms with van der Waals surface area (Å²) in [4.78, 5) is 12.4. The molecule has 8 N–H and O–H groups in total. The lowest BCUT2D eigenvalue weighted by Crippen LogP contribution is -2.71. The molecule has 0 bridgehead atoms. The topological polar surface area (TPSA) is 224 Å². The van der Waals surface area contributed by atoms with Crippen LogP contribution in [0, 0.1) is 0 Å². The predicted molar refractivity (Wildman–Crippen MR) is 148 cm³/mol. The fourth-order valence-corrected chi connectivity index (χ4v) is 6.05. The van der Waals surface area contributed by atoms with E-state index in [9.17, 15) is 45.1 Å². The molecule has 0 saturated heterocycles. The minimum Gasteiger partial charge on any atom is -0.394 e. The number of phosphoric acid groups is 1. The monoisotopic (exact) mass is 616 g/mol. The van der Waals surface area contributed by atoms with Crippen molar-refractivity contribution in [3.63, 3.8) is 0 Å². The van der Waals surface area contributed by atoms with E-state index in [1.54, 1.807) is 0 Å². The average Bonchev–Trinajstić information content (AvgIpc) is 2.95. The van der Waals surface area contributed by atoms with Crippen LogP contribution in [-0.4, -0.2) is 102 Å². The SMILES string of the molecule is CCCCCCCCCCCCCCCCCC(=O)OP(=O)(OCC(O)CO)OC1(O)[C@H](O)[C@H](O)C(O)[C@H](O)[C@H]1O.